The molecule has 0 unspecified atom stereocenters. The van der Waals surface area contributed by atoms with Gasteiger partial charge in [-0.25, -0.2) is 0 Å². The Balaban J connectivity index is 1.97. The van der Waals surface area contributed by atoms with Gasteiger partial charge in [0.05, 0.1) is 35.1 Å². The molecule has 3 heterocycles. The van der Waals surface area contributed by atoms with Crippen molar-refractivity contribution in [1.29, 1.82) is 0 Å². The number of methoxy groups -OCH3 is 1. The van der Waals surface area contributed by atoms with E-state index in [1.54, 1.807) is 31.3 Å². The van der Waals surface area contributed by atoms with Gasteiger partial charge >= 0.3 is 6.18 Å². The zero-order valence-electron chi connectivity index (χ0n) is 18.3. The Kier molecular flexibility index (Phi) is 4.15. The van der Waals surface area contributed by atoms with Gasteiger partial charge in [-0.15, -0.1) is 10.2 Å². The number of aryl methyl sites for hydroxylation is 2. The summed E-state index contributed by atoms with van der Waals surface area (Å²) in [5.74, 6) is 0.928. The predicted octanol–water partition coefficient (Wildman–Crippen LogP) is 5.72. The summed E-state index contributed by atoms with van der Waals surface area (Å²) in [6.07, 6.45) is -2.88. The standard InChI is InChI=1S/C23H22F3N5O/c1-11-10-27-19-13(11)7-6-8-14(19)17-16(32-5)9-15-20(18(17)23(24,25)26)31-12(2)29-30-21(31)22(3,4)28-15/h6-10,27-28H,1-5H3. The number of hydrogen-bond acceptors (Lipinski definition) is 4. The highest BCUT2D eigenvalue weighted by Crippen LogP contribution is 2.52. The van der Waals surface area contributed by atoms with Crippen molar-refractivity contribution in [3.05, 3.63) is 53.2 Å². The quantitative estimate of drug-likeness (QED) is 0.418. The van der Waals surface area contributed by atoms with E-state index in [4.69, 9.17) is 4.74 Å². The van der Waals surface area contributed by atoms with Crippen molar-refractivity contribution in [2.75, 3.05) is 12.4 Å². The summed E-state index contributed by atoms with van der Waals surface area (Å²) in [6.45, 7) is 7.27. The van der Waals surface area contributed by atoms with Crippen molar-refractivity contribution in [2.24, 2.45) is 0 Å². The predicted molar refractivity (Wildman–Crippen MR) is 116 cm³/mol. The highest BCUT2D eigenvalue weighted by Gasteiger charge is 2.45. The molecule has 0 aliphatic carbocycles. The maximum atomic E-state index is 14.8. The van der Waals surface area contributed by atoms with E-state index in [9.17, 15) is 13.2 Å². The second-order valence-electron chi connectivity index (χ2n) is 8.58. The van der Waals surface area contributed by atoms with Gasteiger partial charge < -0.3 is 15.0 Å². The Morgan fingerprint density at radius 3 is 2.56 bits per heavy atom. The molecule has 2 aromatic heterocycles. The lowest BCUT2D eigenvalue weighted by atomic mass is 9.90. The third-order valence-corrected chi connectivity index (χ3v) is 6.01. The van der Waals surface area contributed by atoms with Gasteiger partial charge in [-0.1, -0.05) is 18.2 Å². The normalized spacial score (nSPS) is 14.8. The SMILES string of the molecule is COc1cc2c(c(C(F)(F)F)c1-c1cccc3c(C)c[nH]c13)-n1c(C)nnc1C(C)(C)N2. The van der Waals surface area contributed by atoms with Crippen LogP contribution in [-0.4, -0.2) is 26.9 Å². The molecule has 5 rings (SSSR count). The Hall–Kier alpha value is -3.49. The number of ether oxygens (including phenoxy) is 1. The number of rotatable bonds is 2. The Morgan fingerprint density at radius 1 is 1.12 bits per heavy atom. The molecule has 6 nitrogen and oxygen atoms in total. The first-order chi connectivity index (χ1) is 15.0. The van der Waals surface area contributed by atoms with Gasteiger partial charge in [-0.2, -0.15) is 13.2 Å². The fraction of sp³-hybridized carbons (Fsp3) is 0.304. The smallest absolute Gasteiger partial charge is 0.419 e. The number of aromatic nitrogens is 4. The molecule has 32 heavy (non-hydrogen) atoms. The van der Waals surface area contributed by atoms with E-state index >= 15 is 0 Å². The summed E-state index contributed by atoms with van der Waals surface area (Å²) >= 11 is 0. The van der Waals surface area contributed by atoms with Crippen LogP contribution in [0, 0.1) is 13.8 Å². The zero-order valence-corrected chi connectivity index (χ0v) is 18.3. The first-order valence-corrected chi connectivity index (χ1v) is 10.1. The Bertz CT molecular complexity index is 1380. The molecule has 0 bridgehead atoms. The first-order valence-electron chi connectivity index (χ1n) is 10.1. The summed E-state index contributed by atoms with van der Waals surface area (Å²) in [4.78, 5) is 3.13. The zero-order chi connectivity index (χ0) is 23.0. The molecule has 9 heteroatoms. The van der Waals surface area contributed by atoms with Crippen molar-refractivity contribution < 1.29 is 17.9 Å². The Labute approximate surface area is 182 Å². The molecule has 2 aromatic carbocycles. The lowest BCUT2D eigenvalue weighted by Crippen LogP contribution is -2.37. The average Bonchev–Trinajstić information content (AvgIpc) is 3.29. The van der Waals surface area contributed by atoms with Gasteiger partial charge in [0.25, 0.3) is 0 Å². The molecule has 1 aliphatic rings. The molecule has 2 N–H and O–H groups in total. The van der Waals surface area contributed by atoms with Crippen molar-refractivity contribution in [1.82, 2.24) is 19.7 Å². The van der Waals surface area contributed by atoms with Crippen molar-refractivity contribution in [2.45, 2.75) is 39.4 Å². The third kappa shape index (κ3) is 2.73. The molecule has 1 aliphatic heterocycles. The van der Waals surface area contributed by atoms with E-state index in [0.717, 1.165) is 10.9 Å². The number of aromatic amines is 1. The monoisotopic (exact) mass is 441 g/mol. The highest BCUT2D eigenvalue weighted by atomic mass is 19.4. The van der Waals surface area contributed by atoms with Crippen LogP contribution in [0.25, 0.3) is 27.7 Å². The van der Waals surface area contributed by atoms with Crippen LogP contribution in [0.5, 0.6) is 5.75 Å². The molecule has 0 radical (unpaired) electrons. The lowest BCUT2D eigenvalue weighted by molar-refractivity contribution is -0.137. The number of hydrogen-bond donors (Lipinski definition) is 2. The minimum Gasteiger partial charge on any atom is -0.496 e. The second kappa shape index (κ2) is 6.51. The number of benzene rings is 2. The van der Waals surface area contributed by atoms with Crippen LogP contribution in [0.1, 0.15) is 36.6 Å². The number of para-hydroxylation sites is 1. The van der Waals surface area contributed by atoms with E-state index in [1.807, 2.05) is 26.8 Å². The maximum absolute atomic E-state index is 14.8. The summed E-state index contributed by atoms with van der Waals surface area (Å²) in [5, 5.41) is 12.3. The number of halogens is 3. The van der Waals surface area contributed by atoms with Gasteiger partial charge in [-0.3, -0.25) is 4.57 Å². The summed E-state index contributed by atoms with van der Waals surface area (Å²) < 4.78 is 51.5. The number of nitrogens with one attached hydrogen (secondary N) is 2. The van der Waals surface area contributed by atoms with Gasteiger partial charge in [0, 0.05) is 28.8 Å². The van der Waals surface area contributed by atoms with Gasteiger partial charge in [0.1, 0.15) is 11.6 Å². The lowest BCUT2D eigenvalue weighted by Gasteiger charge is -2.36. The summed E-state index contributed by atoms with van der Waals surface area (Å²) in [5.41, 5.74) is 0.746. The molecule has 0 saturated carbocycles. The number of fused-ring (bicyclic) bond motifs is 4. The molecule has 166 valence electrons. The van der Waals surface area contributed by atoms with Gasteiger partial charge in [0.2, 0.25) is 0 Å². The molecule has 0 amide bonds. The van der Waals surface area contributed by atoms with Crippen LogP contribution in [0.4, 0.5) is 18.9 Å². The van der Waals surface area contributed by atoms with Crippen LogP contribution in [0.2, 0.25) is 0 Å². The summed E-state index contributed by atoms with van der Waals surface area (Å²) in [6, 6.07) is 6.94. The minimum absolute atomic E-state index is 0.0215. The van der Waals surface area contributed by atoms with Crippen LogP contribution in [0.3, 0.4) is 0 Å². The number of H-pyrrole nitrogens is 1. The fourth-order valence-electron chi connectivity index (χ4n) is 4.61. The van der Waals surface area contributed by atoms with Crippen LogP contribution in [-0.2, 0) is 11.7 Å². The molecule has 0 spiro atoms. The van der Waals surface area contributed by atoms with E-state index < -0.39 is 17.3 Å². The van der Waals surface area contributed by atoms with Gasteiger partial charge in [0.15, 0.2) is 5.82 Å². The molecule has 0 fully saturated rings. The minimum atomic E-state index is -4.67. The number of nitrogens with zero attached hydrogens (tertiary/aromatic N) is 3. The van der Waals surface area contributed by atoms with E-state index in [1.165, 1.54) is 11.7 Å². The molecule has 0 atom stereocenters. The van der Waals surface area contributed by atoms with Gasteiger partial charge in [-0.05, 0) is 33.3 Å². The summed E-state index contributed by atoms with van der Waals surface area (Å²) in [7, 11) is 1.38. The van der Waals surface area contributed by atoms with Crippen LogP contribution >= 0.6 is 0 Å². The molecule has 4 aromatic rings. The van der Waals surface area contributed by atoms with E-state index in [-0.39, 0.29) is 17.0 Å². The first kappa shape index (κ1) is 20.4. The molecule has 0 saturated heterocycles. The Morgan fingerprint density at radius 2 is 1.88 bits per heavy atom. The van der Waals surface area contributed by atoms with E-state index in [0.29, 0.717) is 28.4 Å². The van der Waals surface area contributed by atoms with Crippen LogP contribution in [0.15, 0.2) is 30.5 Å². The topological polar surface area (TPSA) is 67.8 Å². The highest BCUT2D eigenvalue weighted by molar-refractivity contribution is 6.00. The second-order valence-corrected chi connectivity index (χ2v) is 8.58. The largest absolute Gasteiger partial charge is 0.496 e. The van der Waals surface area contributed by atoms with E-state index in [2.05, 4.69) is 20.5 Å². The van der Waals surface area contributed by atoms with Crippen molar-refractivity contribution >= 4 is 16.6 Å². The number of anilines is 1. The fourth-order valence-corrected chi connectivity index (χ4v) is 4.61. The van der Waals surface area contributed by atoms with Crippen molar-refractivity contribution in [3.8, 4) is 22.6 Å². The third-order valence-electron chi connectivity index (χ3n) is 6.01. The number of alkyl halides is 3. The molecular weight excluding hydrogens is 419 g/mol. The average molecular weight is 441 g/mol. The maximum Gasteiger partial charge on any atom is 0.419 e. The molecular formula is C23H22F3N5O. The van der Waals surface area contributed by atoms with Crippen molar-refractivity contribution in [3.63, 3.8) is 0 Å². The van der Waals surface area contributed by atoms with Crippen LogP contribution < -0.4 is 10.1 Å².